The molecule has 0 heterocycles. The van der Waals surface area contributed by atoms with Crippen LogP contribution in [0.25, 0.3) is 0 Å². The van der Waals surface area contributed by atoms with Crippen molar-refractivity contribution in [2.75, 3.05) is 0 Å². The molecule has 0 bridgehead atoms. The number of primary amides is 1. The quantitative estimate of drug-likeness (QED) is 0.590. The minimum Gasteiger partial charge on any atom is -0.352 e. The summed E-state index contributed by atoms with van der Waals surface area (Å²) in [6.45, 7) is 0.426. The third-order valence-electron chi connectivity index (χ3n) is 1.44. The molecule has 1 aromatic carbocycles. The second-order valence-electron chi connectivity index (χ2n) is 2.35. The Balaban J connectivity index is 2.63. The van der Waals surface area contributed by atoms with E-state index in [0.29, 0.717) is 6.54 Å². The summed E-state index contributed by atoms with van der Waals surface area (Å²) in [5, 5.41) is 2.49. The van der Waals surface area contributed by atoms with Gasteiger partial charge in [-0.15, -0.1) is 12.6 Å². The molecule has 0 saturated heterocycles. The number of hydrogen-bond acceptors (Lipinski definition) is 2. The van der Waals surface area contributed by atoms with E-state index in [0.717, 1.165) is 10.5 Å². The molecule has 0 aliphatic rings. The Kier molecular flexibility index (Phi) is 2.99. The van der Waals surface area contributed by atoms with E-state index in [2.05, 4.69) is 17.9 Å². The number of thiol groups is 1. The van der Waals surface area contributed by atoms with Crippen LogP contribution in [-0.4, -0.2) is 6.03 Å². The van der Waals surface area contributed by atoms with Crippen molar-refractivity contribution in [2.24, 2.45) is 5.73 Å². The highest BCUT2D eigenvalue weighted by atomic mass is 32.1. The molecule has 0 unspecified atom stereocenters. The third-order valence-corrected chi connectivity index (χ3v) is 1.88. The molecule has 0 radical (unpaired) electrons. The monoisotopic (exact) mass is 182 g/mol. The summed E-state index contributed by atoms with van der Waals surface area (Å²) in [7, 11) is 0. The molecular formula is C8H10N2OS. The Morgan fingerprint density at radius 3 is 2.75 bits per heavy atom. The average Bonchev–Trinajstić information content (AvgIpc) is 2.03. The summed E-state index contributed by atoms with van der Waals surface area (Å²) >= 11 is 4.21. The molecule has 0 saturated carbocycles. The number of amides is 2. The Labute approximate surface area is 76.4 Å². The van der Waals surface area contributed by atoms with Crippen LogP contribution >= 0.6 is 12.6 Å². The number of rotatable bonds is 2. The SMILES string of the molecule is NC(=O)NCc1ccccc1S. The van der Waals surface area contributed by atoms with E-state index in [1.165, 1.54) is 0 Å². The third kappa shape index (κ3) is 2.47. The van der Waals surface area contributed by atoms with Gasteiger partial charge in [-0.25, -0.2) is 4.79 Å². The van der Waals surface area contributed by atoms with E-state index in [-0.39, 0.29) is 0 Å². The minimum atomic E-state index is -0.522. The van der Waals surface area contributed by atoms with Crippen molar-refractivity contribution in [1.82, 2.24) is 5.32 Å². The maximum Gasteiger partial charge on any atom is 0.312 e. The molecule has 4 heteroatoms. The highest BCUT2D eigenvalue weighted by molar-refractivity contribution is 7.80. The van der Waals surface area contributed by atoms with Gasteiger partial charge >= 0.3 is 6.03 Å². The number of nitrogens with one attached hydrogen (secondary N) is 1. The fourth-order valence-corrected chi connectivity index (χ4v) is 1.08. The minimum absolute atomic E-state index is 0.426. The van der Waals surface area contributed by atoms with Gasteiger partial charge in [-0.3, -0.25) is 0 Å². The predicted molar refractivity (Wildman–Crippen MR) is 50.1 cm³/mol. The summed E-state index contributed by atoms with van der Waals surface area (Å²) < 4.78 is 0. The molecule has 3 N–H and O–H groups in total. The zero-order chi connectivity index (χ0) is 8.97. The van der Waals surface area contributed by atoms with Crippen LogP contribution in [0.4, 0.5) is 4.79 Å². The fourth-order valence-electron chi connectivity index (χ4n) is 0.843. The number of nitrogens with two attached hydrogens (primary N) is 1. The molecule has 12 heavy (non-hydrogen) atoms. The first kappa shape index (κ1) is 8.93. The van der Waals surface area contributed by atoms with Gasteiger partial charge < -0.3 is 11.1 Å². The van der Waals surface area contributed by atoms with Crippen molar-refractivity contribution >= 4 is 18.7 Å². The maximum atomic E-state index is 10.4. The average molecular weight is 182 g/mol. The summed E-state index contributed by atoms with van der Waals surface area (Å²) in [5.74, 6) is 0. The van der Waals surface area contributed by atoms with Crippen molar-refractivity contribution in [3.8, 4) is 0 Å². The van der Waals surface area contributed by atoms with Crippen LogP contribution in [-0.2, 0) is 6.54 Å². The summed E-state index contributed by atoms with van der Waals surface area (Å²) in [5.41, 5.74) is 5.87. The summed E-state index contributed by atoms with van der Waals surface area (Å²) in [4.78, 5) is 11.2. The van der Waals surface area contributed by atoms with Gasteiger partial charge in [0.25, 0.3) is 0 Å². The first-order valence-corrected chi connectivity index (χ1v) is 3.95. The zero-order valence-corrected chi connectivity index (χ0v) is 7.34. The predicted octanol–water partition coefficient (Wildman–Crippen LogP) is 1.14. The first-order chi connectivity index (χ1) is 5.70. The van der Waals surface area contributed by atoms with Gasteiger partial charge in [0.05, 0.1) is 0 Å². The number of benzene rings is 1. The van der Waals surface area contributed by atoms with Crippen LogP contribution in [0, 0.1) is 0 Å². The number of urea groups is 1. The molecule has 0 fully saturated rings. The lowest BCUT2D eigenvalue weighted by atomic mass is 10.2. The topological polar surface area (TPSA) is 55.1 Å². The van der Waals surface area contributed by atoms with Gasteiger partial charge in [0.15, 0.2) is 0 Å². The molecular weight excluding hydrogens is 172 g/mol. The molecule has 0 spiro atoms. The Bertz CT molecular complexity index is 288. The van der Waals surface area contributed by atoms with E-state index in [9.17, 15) is 4.79 Å². The van der Waals surface area contributed by atoms with E-state index < -0.39 is 6.03 Å². The van der Waals surface area contributed by atoms with Gasteiger partial charge in [0, 0.05) is 11.4 Å². The van der Waals surface area contributed by atoms with Gasteiger partial charge in [-0.1, -0.05) is 18.2 Å². The molecule has 0 atom stereocenters. The lowest BCUT2D eigenvalue weighted by Gasteiger charge is -2.03. The smallest absolute Gasteiger partial charge is 0.312 e. The maximum absolute atomic E-state index is 10.4. The van der Waals surface area contributed by atoms with Crippen LogP contribution in [0.5, 0.6) is 0 Å². The highest BCUT2D eigenvalue weighted by Crippen LogP contribution is 2.11. The van der Waals surface area contributed by atoms with Crippen LogP contribution in [0.1, 0.15) is 5.56 Å². The van der Waals surface area contributed by atoms with Crippen molar-refractivity contribution in [1.29, 1.82) is 0 Å². The van der Waals surface area contributed by atoms with Crippen molar-refractivity contribution < 1.29 is 4.79 Å². The standard InChI is InChI=1S/C8H10N2OS/c9-8(11)10-5-6-3-1-2-4-7(6)12/h1-4,12H,5H2,(H3,9,10,11). The normalized spacial score (nSPS) is 9.42. The Morgan fingerprint density at radius 2 is 2.17 bits per heavy atom. The second-order valence-corrected chi connectivity index (χ2v) is 2.83. The van der Waals surface area contributed by atoms with Crippen molar-refractivity contribution in [2.45, 2.75) is 11.4 Å². The van der Waals surface area contributed by atoms with Crippen molar-refractivity contribution in [3.63, 3.8) is 0 Å². The number of carbonyl (C=O) groups excluding carboxylic acids is 1. The molecule has 2 amide bonds. The summed E-state index contributed by atoms with van der Waals surface area (Å²) in [6.07, 6.45) is 0. The molecule has 1 aromatic rings. The number of hydrogen-bond donors (Lipinski definition) is 3. The molecule has 0 aromatic heterocycles. The Morgan fingerprint density at radius 1 is 1.50 bits per heavy atom. The molecule has 0 aliphatic heterocycles. The zero-order valence-electron chi connectivity index (χ0n) is 6.45. The van der Waals surface area contributed by atoms with Crippen LogP contribution in [0.15, 0.2) is 29.2 Å². The Hall–Kier alpha value is -1.16. The van der Waals surface area contributed by atoms with Gasteiger partial charge in [-0.2, -0.15) is 0 Å². The van der Waals surface area contributed by atoms with Crippen LogP contribution in [0.2, 0.25) is 0 Å². The highest BCUT2D eigenvalue weighted by Gasteiger charge is 1.97. The fraction of sp³-hybridized carbons (Fsp3) is 0.125. The first-order valence-electron chi connectivity index (χ1n) is 3.50. The van der Waals surface area contributed by atoms with Gasteiger partial charge in [0.2, 0.25) is 0 Å². The number of carbonyl (C=O) groups is 1. The van der Waals surface area contributed by atoms with Crippen LogP contribution in [0.3, 0.4) is 0 Å². The largest absolute Gasteiger partial charge is 0.352 e. The lowest BCUT2D eigenvalue weighted by molar-refractivity contribution is 0.248. The molecule has 1 rings (SSSR count). The van der Waals surface area contributed by atoms with E-state index >= 15 is 0 Å². The second kappa shape index (κ2) is 4.01. The van der Waals surface area contributed by atoms with E-state index in [1.807, 2.05) is 24.3 Å². The van der Waals surface area contributed by atoms with Crippen LogP contribution < -0.4 is 11.1 Å². The molecule has 0 aliphatic carbocycles. The van der Waals surface area contributed by atoms with E-state index in [1.54, 1.807) is 0 Å². The van der Waals surface area contributed by atoms with Gasteiger partial charge in [-0.05, 0) is 11.6 Å². The molecule has 64 valence electrons. The molecule has 3 nitrogen and oxygen atoms in total. The summed E-state index contributed by atoms with van der Waals surface area (Å²) in [6, 6.07) is 7.00. The van der Waals surface area contributed by atoms with E-state index in [4.69, 9.17) is 5.73 Å². The van der Waals surface area contributed by atoms with Crippen molar-refractivity contribution in [3.05, 3.63) is 29.8 Å². The lowest BCUT2D eigenvalue weighted by Crippen LogP contribution is -2.28. The van der Waals surface area contributed by atoms with Gasteiger partial charge in [0.1, 0.15) is 0 Å².